The SMILES string of the molecule is CCC1(CC#N)CCN(Cc2ccc(-c3ccn(C(F)(F)F)n3)cc2)CC1. The second-order valence-corrected chi connectivity index (χ2v) is 7.27. The third-order valence-corrected chi connectivity index (χ3v) is 5.63. The summed E-state index contributed by atoms with van der Waals surface area (Å²) in [5.74, 6) is 0. The summed E-state index contributed by atoms with van der Waals surface area (Å²) < 4.78 is 38.0. The number of alkyl halides is 3. The highest BCUT2D eigenvalue weighted by Crippen LogP contribution is 2.38. The Hall–Kier alpha value is -2.33. The average Bonchev–Trinajstić information content (AvgIpc) is 3.15. The van der Waals surface area contributed by atoms with Gasteiger partial charge >= 0.3 is 6.30 Å². The van der Waals surface area contributed by atoms with Gasteiger partial charge in [0.2, 0.25) is 0 Å². The van der Waals surface area contributed by atoms with Crippen LogP contribution in [-0.2, 0) is 12.8 Å². The number of benzene rings is 1. The summed E-state index contributed by atoms with van der Waals surface area (Å²) in [6.45, 7) is 4.90. The molecule has 1 aromatic carbocycles. The van der Waals surface area contributed by atoms with Crippen molar-refractivity contribution in [1.29, 1.82) is 5.26 Å². The minimum atomic E-state index is -4.49. The molecule has 1 aliphatic rings. The fraction of sp³-hybridized carbons (Fsp3) is 0.500. The highest BCUT2D eigenvalue weighted by atomic mass is 19.4. The van der Waals surface area contributed by atoms with E-state index in [-0.39, 0.29) is 10.1 Å². The Morgan fingerprint density at radius 2 is 1.81 bits per heavy atom. The third-order valence-electron chi connectivity index (χ3n) is 5.63. The van der Waals surface area contributed by atoms with Crippen LogP contribution in [0.5, 0.6) is 0 Å². The Bertz CT molecular complexity index is 794. The monoisotopic (exact) mass is 376 g/mol. The van der Waals surface area contributed by atoms with Crippen LogP contribution >= 0.6 is 0 Å². The lowest BCUT2D eigenvalue weighted by molar-refractivity contribution is -0.212. The van der Waals surface area contributed by atoms with Crippen molar-refractivity contribution >= 4 is 0 Å². The van der Waals surface area contributed by atoms with Gasteiger partial charge in [0.05, 0.1) is 11.8 Å². The number of halogens is 3. The summed E-state index contributed by atoms with van der Waals surface area (Å²) in [7, 11) is 0. The van der Waals surface area contributed by atoms with Crippen LogP contribution in [0.2, 0.25) is 0 Å². The quantitative estimate of drug-likeness (QED) is 0.743. The van der Waals surface area contributed by atoms with Gasteiger partial charge < -0.3 is 0 Å². The molecule has 7 heteroatoms. The molecule has 0 unspecified atom stereocenters. The lowest BCUT2D eigenvalue weighted by Crippen LogP contribution is -2.39. The van der Waals surface area contributed by atoms with Gasteiger partial charge in [-0.05, 0) is 49.4 Å². The van der Waals surface area contributed by atoms with E-state index in [9.17, 15) is 13.2 Å². The van der Waals surface area contributed by atoms with Crippen molar-refractivity contribution in [2.75, 3.05) is 13.1 Å². The first-order valence-electron chi connectivity index (χ1n) is 9.17. The molecule has 1 fully saturated rings. The zero-order valence-corrected chi connectivity index (χ0v) is 15.3. The topological polar surface area (TPSA) is 44.9 Å². The summed E-state index contributed by atoms with van der Waals surface area (Å²) in [4.78, 5) is 2.37. The molecule has 1 saturated heterocycles. The molecule has 2 heterocycles. The van der Waals surface area contributed by atoms with Crippen molar-refractivity contribution in [2.24, 2.45) is 5.41 Å². The second-order valence-electron chi connectivity index (χ2n) is 7.27. The molecule has 1 aromatic heterocycles. The zero-order chi connectivity index (χ0) is 19.5. The van der Waals surface area contributed by atoms with Crippen molar-refractivity contribution in [3.8, 4) is 17.3 Å². The van der Waals surface area contributed by atoms with Crippen LogP contribution in [0, 0.1) is 16.7 Å². The molecule has 0 atom stereocenters. The van der Waals surface area contributed by atoms with E-state index in [0.29, 0.717) is 17.7 Å². The molecule has 3 rings (SSSR count). The average molecular weight is 376 g/mol. The maximum Gasteiger partial charge on any atom is 0.504 e. The molecule has 4 nitrogen and oxygen atoms in total. The van der Waals surface area contributed by atoms with E-state index in [1.807, 2.05) is 24.3 Å². The van der Waals surface area contributed by atoms with Gasteiger partial charge in [0.25, 0.3) is 0 Å². The molecule has 0 saturated carbocycles. The van der Waals surface area contributed by atoms with Gasteiger partial charge in [0.15, 0.2) is 0 Å². The van der Waals surface area contributed by atoms with Crippen LogP contribution in [0.4, 0.5) is 13.2 Å². The first-order valence-corrected chi connectivity index (χ1v) is 9.17. The predicted octanol–water partition coefficient (Wildman–Crippen LogP) is 4.93. The molecule has 1 aliphatic heterocycles. The van der Waals surface area contributed by atoms with E-state index in [2.05, 4.69) is 23.0 Å². The van der Waals surface area contributed by atoms with Gasteiger partial charge in [-0.2, -0.15) is 15.0 Å². The van der Waals surface area contributed by atoms with Crippen molar-refractivity contribution in [1.82, 2.24) is 14.7 Å². The fourth-order valence-corrected chi connectivity index (χ4v) is 3.67. The highest BCUT2D eigenvalue weighted by molar-refractivity contribution is 5.58. The predicted molar refractivity (Wildman–Crippen MR) is 96.4 cm³/mol. The van der Waals surface area contributed by atoms with E-state index in [1.54, 1.807) is 0 Å². The summed E-state index contributed by atoms with van der Waals surface area (Å²) in [6.07, 6.45) is 0.155. The lowest BCUT2D eigenvalue weighted by atomic mass is 9.74. The molecule has 0 N–H and O–H groups in total. The van der Waals surface area contributed by atoms with Crippen LogP contribution < -0.4 is 0 Å². The van der Waals surface area contributed by atoms with Gasteiger partial charge in [-0.15, -0.1) is 13.2 Å². The van der Waals surface area contributed by atoms with Crippen LogP contribution in [0.3, 0.4) is 0 Å². The van der Waals surface area contributed by atoms with E-state index in [4.69, 9.17) is 5.26 Å². The van der Waals surface area contributed by atoms with E-state index >= 15 is 0 Å². The highest BCUT2D eigenvalue weighted by Gasteiger charge is 2.33. The van der Waals surface area contributed by atoms with E-state index < -0.39 is 6.30 Å². The maximum absolute atomic E-state index is 12.6. The van der Waals surface area contributed by atoms with E-state index in [1.165, 1.54) is 6.07 Å². The summed E-state index contributed by atoms with van der Waals surface area (Å²) in [5, 5.41) is 12.6. The van der Waals surface area contributed by atoms with Crippen LogP contribution in [0.25, 0.3) is 11.3 Å². The number of rotatable bonds is 5. The largest absolute Gasteiger partial charge is 0.504 e. The number of likely N-dealkylation sites (tertiary alicyclic amines) is 1. The smallest absolute Gasteiger partial charge is 0.299 e. The lowest BCUT2D eigenvalue weighted by Gasteiger charge is -2.40. The number of nitriles is 1. The summed E-state index contributed by atoms with van der Waals surface area (Å²) in [6, 6.07) is 11.2. The molecule has 0 bridgehead atoms. The minimum absolute atomic E-state index is 0.0190. The Balaban J connectivity index is 1.60. The Labute approximate surface area is 157 Å². The number of hydrogen-bond donors (Lipinski definition) is 0. The molecule has 27 heavy (non-hydrogen) atoms. The first kappa shape index (κ1) is 19.4. The van der Waals surface area contributed by atoms with Crippen LogP contribution in [0.1, 0.15) is 38.2 Å². The van der Waals surface area contributed by atoms with Gasteiger partial charge in [0, 0.05) is 24.7 Å². The van der Waals surface area contributed by atoms with Gasteiger partial charge in [-0.25, -0.2) is 0 Å². The van der Waals surface area contributed by atoms with Crippen molar-refractivity contribution in [3.63, 3.8) is 0 Å². The Morgan fingerprint density at radius 1 is 1.15 bits per heavy atom. The Morgan fingerprint density at radius 3 is 2.33 bits per heavy atom. The molecule has 0 radical (unpaired) electrons. The van der Waals surface area contributed by atoms with Gasteiger partial charge in [-0.1, -0.05) is 31.2 Å². The fourth-order valence-electron chi connectivity index (χ4n) is 3.67. The van der Waals surface area contributed by atoms with Crippen molar-refractivity contribution < 1.29 is 13.2 Å². The Kier molecular flexibility index (Phi) is 5.56. The van der Waals surface area contributed by atoms with Crippen LogP contribution in [0.15, 0.2) is 36.5 Å². The number of hydrogen-bond acceptors (Lipinski definition) is 3. The molecule has 0 aliphatic carbocycles. The third kappa shape index (κ3) is 4.51. The summed E-state index contributed by atoms with van der Waals surface area (Å²) >= 11 is 0. The van der Waals surface area contributed by atoms with Crippen LogP contribution in [-0.4, -0.2) is 27.8 Å². The number of nitrogens with zero attached hydrogens (tertiary/aromatic N) is 4. The molecular formula is C20H23F3N4. The van der Waals surface area contributed by atoms with Crippen molar-refractivity contribution in [2.45, 2.75) is 45.5 Å². The maximum atomic E-state index is 12.6. The van der Waals surface area contributed by atoms with Gasteiger partial charge in [0.1, 0.15) is 0 Å². The molecule has 0 amide bonds. The zero-order valence-electron chi connectivity index (χ0n) is 15.3. The van der Waals surface area contributed by atoms with Crippen molar-refractivity contribution in [3.05, 3.63) is 42.1 Å². The molecular weight excluding hydrogens is 353 g/mol. The molecule has 144 valence electrons. The standard InChI is InChI=1S/C20H23F3N4/c1-2-19(8-11-24)9-13-26(14-10-19)15-16-3-5-17(6-4-16)18-7-12-27(25-18)20(21,22)23/h3-7,12H,2,8-10,13-15H2,1H3. The first-order chi connectivity index (χ1) is 12.8. The molecule has 0 spiro atoms. The number of aromatic nitrogens is 2. The minimum Gasteiger partial charge on any atom is -0.299 e. The summed E-state index contributed by atoms with van der Waals surface area (Å²) in [5.41, 5.74) is 2.26. The van der Waals surface area contributed by atoms with Gasteiger partial charge in [-0.3, -0.25) is 4.90 Å². The van der Waals surface area contributed by atoms with E-state index in [0.717, 1.165) is 50.7 Å². The molecule has 2 aromatic rings. The normalized spacial score (nSPS) is 17.6. The number of piperidine rings is 1. The second kappa shape index (κ2) is 7.73.